The molecule has 0 amide bonds. The number of phenols is 2. The molecule has 0 radical (unpaired) electrons. The zero-order chi connectivity index (χ0) is 26.6. The van der Waals surface area contributed by atoms with E-state index in [1.807, 2.05) is 0 Å². The molecule has 0 aliphatic carbocycles. The summed E-state index contributed by atoms with van der Waals surface area (Å²) in [5, 5.41) is 19.7. The summed E-state index contributed by atoms with van der Waals surface area (Å²) in [5.74, 6) is 0.202. The number of ketones is 1. The van der Waals surface area contributed by atoms with Crippen LogP contribution in [0.5, 0.6) is 17.2 Å². The minimum atomic E-state index is -0.312. The number of hydrogen-bond donors (Lipinski definition) is 2. The quantitative estimate of drug-likeness (QED) is 0.100. The summed E-state index contributed by atoms with van der Waals surface area (Å²) in [7, 11) is 0. The van der Waals surface area contributed by atoms with E-state index in [1.165, 1.54) is 102 Å². The number of carbonyl (C=O) groups is 1. The van der Waals surface area contributed by atoms with Crippen LogP contribution in [0.25, 0.3) is 6.08 Å². The lowest BCUT2D eigenvalue weighted by atomic mass is 10.0. The van der Waals surface area contributed by atoms with Crippen molar-refractivity contribution in [1.29, 1.82) is 0 Å². The standard InChI is InChI=1S/C33H48O4/c1-2-3-4-5-6-7-8-9-10-11-12-13-14-15-16-17-27-37-32-20-18-19-30(35)33(32)31(36)26-23-28-21-24-29(34)25-22-28/h18-26,34-35H,2-17,27H2,1H3/b26-23+. The molecule has 0 aliphatic heterocycles. The van der Waals surface area contributed by atoms with Gasteiger partial charge in [-0.05, 0) is 42.3 Å². The number of benzene rings is 2. The highest BCUT2D eigenvalue weighted by Gasteiger charge is 2.15. The highest BCUT2D eigenvalue weighted by atomic mass is 16.5. The summed E-state index contributed by atoms with van der Waals surface area (Å²) in [6.45, 7) is 2.81. The van der Waals surface area contributed by atoms with E-state index < -0.39 is 0 Å². The van der Waals surface area contributed by atoms with Gasteiger partial charge < -0.3 is 14.9 Å². The predicted octanol–water partition coefficient (Wildman–Crippen LogP) is 9.63. The van der Waals surface area contributed by atoms with Gasteiger partial charge in [-0.3, -0.25) is 4.79 Å². The second-order valence-corrected chi connectivity index (χ2v) is 10.1. The van der Waals surface area contributed by atoms with Gasteiger partial charge in [-0.15, -0.1) is 0 Å². The van der Waals surface area contributed by atoms with Crippen molar-refractivity contribution in [2.75, 3.05) is 6.61 Å². The van der Waals surface area contributed by atoms with Crippen LogP contribution in [-0.4, -0.2) is 22.6 Å². The minimum Gasteiger partial charge on any atom is -0.508 e. The maximum absolute atomic E-state index is 12.7. The van der Waals surface area contributed by atoms with Gasteiger partial charge in [-0.1, -0.05) is 128 Å². The molecule has 0 aromatic heterocycles. The van der Waals surface area contributed by atoms with Crippen LogP contribution >= 0.6 is 0 Å². The van der Waals surface area contributed by atoms with E-state index >= 15 is 0 Å². The Morgan fingerprint density at radius 3 is 1.76 bits per heavy atom. The van der Waals surface area contributed by atoms with Gasteiger partial charge in [-0.2, -0.15) is 0 Å². The summed E-state index contributed by atoms with van der Waals surface area (Å²) in [4.78, 5) is 12.7. The molecule has 37 heavy (non-hydrogen) atoms. The van der Waals surface area contributed by atoms with Gasteiger partial charge in [0.05, 0.1) is 6.61 Å². The number of allylic oxidation sites excluding steroid dienone is 1. The third-order valence-corrected chi connectivity index (χ3v) is 6.83. The maximum Gasteiger partial charge on any atom is 0.193 e. The molecule has 0 aliphatic rings. The van der Waals surface area contributed by atoms with Crippen molar-refractivity contribution in [3.8, 4) is 17.2 Å². The van der Waals surface area contributed by atoms with E-state index in [-0.39, 0.29) is 22.8 Å². The second kappa shape index (κ2) is 19.4. The monoisotopic (exact) mass is 508 g/mol. The van der Waals surface area contributed by atoms with Gasteiger partial charge in [0.25, 0.3) is 0 Å². The molecule has 0 bridgehead atoms. The zero-order valence-corrected chi connectivity index (χ0v) is 22.9. The first kappa shape index (κ1) is 30.5. The fourth-order valence-corrected chi connectivity index (χ4v) is 4.56. The number of phenolic OH excluding ortho intramolecular Hbond substituents is 2. The molecular weight excluding hydrogens is 460 g/mol. The lowest BCUT2D eigenvalue weighted by Crippen LogP contribution is -2.04. The molecule has 0 fully saturated rings. The first-order valence-corrected chi connectivity index (χ1v) is 14.6. The molecule has 4 heteroatoms. The lowest BCUT2D eigenvalue weighted by Gasteiger charge is -2.11. The molecule has 0 unspecified atom stereocenters. The zero-order valence-electron chi connectivity index (χ0n) is 22.9. The number of rotatable bonds is 21. The third-order valence-electron chi connectivity index (χ3n) is 6.83. The van der Waals surface area contributed by atoms with Crippen LogP contribution in [0, 0.1) is 0 Å². The van der Waals surface area contributed by atoms with Crippen LogP contribution in [0.4, 0.5) is 0 Å². The normalized spacial score (nSPS) is 11.3. The van der Waals surface area contributed by atoms with Crippen molar-refractivity contribution < 1.29 is 19.7 Å². The fraction of sp³-hybridized carbons (Fsp3) is 0.545. The molecule has 4 nitrogen and oxygen atoms in total. The molecule has 204 valence electrons. The molecule has 0 atom stereocenters. The van der Waals surface area contributed by atoms with Gasteiger partial charge in [0.1, 0.15) is 22.8 Å². The summed E-state index contributed by atoms with van der Waals surface area (Å²) in [6, 6.07) is 11.5. The number of carbonyl (C=O) groups excluding carboxylic acids is 1. The van der Waals surface area contributed by atoms with Gasteiger partial charge >= 0.3 is 0 Å². The molecule has 0 saturated heterocycles. The minimum absolute atomic E-state index is 0.0789. The Hall–Kier alpha value is -2.75. The molecular formula is C33H48O4. The summed E-state index contributed by atoms with van der Waals surface area (Å²) in [5.41, 5.74) is 0.978. The summed E-state index contributed by atoms with van der Waals surface area (Å²) in [6.07, 6.45) is 24.2. The Morgan fingerprint density at radius 2 is 1.22 bits per heavy atom. The van der Waals surface area contributed by atoms with Gasteiger partial charge in [-0.25, -0.2) is 0 Å². The van der Waals surface area contributed by atoms with Gasteiger partial charge in [0, 0.05) is 0 Å². The average molecular weight is 509 g/mol. The largest absolute Gasteiger partial charge is 0.508 e. The topological polar surface area (TPSA) is 66.8 Å². The Morgan fingerprint density at radius 1 is 0.703 bits per heavy atom. The Bertz CT molecular complexity index is 901. The number of unbranched alkanes of at least 4 members (excludes halogenated alkanes) is 15. The third kappa shape index (κ3) is 13.4. The fourth-order valence-electron chi connectivity index (χ4n) is 4.56. The van der Waals surface area contributed by atoms with Crippen molar-refractivity contribution >= 4 is 11.9 Å². The average Bonchev–Trinajstić information content (AvgIpc) is 2.90. The van der Waals surface area contributed by atoms with Gasteiger partial charge in [0.2, 0.25) is 0 Å². The van der Waals surface area contributed by atoms with Crippen LogP contribution in [-0.2, 0) is 0 Å². The van der Waals surface area contributed by atoms with E-state index in [0.29, 0.717) is 12.4 Å². The molecule has 0 spiro atoms. The van der Waals surface area contributed by atoms with E-state index in [0.717, 1.165) is 18.4 Å². The number of ether oxygens (including phenoxy) is 1. The maximum atomic E-state index is 12.7. The Kier molecular flexibility index (Phi) is 16.0. The first-order valence-electron chi connectivity index (χ1n) is 14.6. The molecule has 2 rings (SSSR count). The molecule has 2 N–H and O–H groups in total. The van der Waals surface area contributed by atoms with Crippen molar-refractivity contribution in [1.82, 2.24) is 0 Å². The van der Waals surface area contributed by atoms with E-state index in [2.05, 4.69) is 6.92 Å². The molecule has 2 aromatic carbocycles. The number of aromatic hydroxyl groups is 2. The summed E-state index contributed by atoms with van der Waals surface area (Å²) >= 11 is 0. The van der Waals surface area contributed by atoms with E-state index in [4.69, 9.17) is 4.74 Å². The number of hydrogen-bond acceptors (Lipinski definition) is 4. The smallest absolute Gasteiger partial charge is 0.193 e. The highest BCUT2D eigenvalue weighted by molar-refractivity contribution is 6.10. The van der Waals surface area contributed by atoms with Crippen molar-refractivity contribution in [2.24, 2.45) is 0 Å². The van der Waals surface area contributed by atoms with Crippen LogP contribution < -0.4 is 4.74 Å². The van der Waals surface area contributed by atoms with Crippen molar-refractivity contribution in [3.05, 3.63) is 59.7 Å². The highest BCUT2D eigenvalue weighted by Crippen LogP contribution is 2.29. The lowest BCUT2D eigenvalue weighted by molar-refractivity contribution is 0.104. The van der Waals surface area contributed by atoms with Crippen LogP contribution in [0.15, 0.2) is 48.5 Å². The van der Waals surface area contributed by atoms with Crippen molar-refractivity contribution in [2.45, 2.75) is 110 Å². The van der Waals surface area contributed by atoms with Crippen molar-refractivity contribution in [3.63, 3.8) is 0 Å². The molecule has 0 saturated carbocycles. The summed E-state index contributed by atoms with van der Waals surface area (Å²) < 4.78 is 5.88. The van der Waals surface area contributed by atoms with Crippen LogP contribution in [0.3, 0.4) is 0 Å². The predicted molar refractivity (Wildman–Crippen MR) is 155 cm³/mol. The second-order valence-electron chi connectivity index (χ2n) is 10.1. The first-order chi connectivity index (χ1) is 18.1. The molecule has 2 aromatic rings. The molecule has 0 heterocycles. The Labute approximate surface area is 224 Å². The van der Waals surface area contributed by atoms with E-state index in [1.54, 1.807) is 42.5 Å². The Balaban J connectivity index is 1.55. The SMILES string of the molecule is CCCCCCCCCCCCCCCCCCOc1cccc(O)c1C(=O)/C=C/c1ccc(O)cc1. The van der Waals surface area contributed by atoms with E-state index in [9.17, 15) is 15.0 Å². The van der Waals surface area contributed by atoms with Crippen LogP contribution in [0.1, 0.15) is 126 Å². The van der Waals surface area contributed by atoms with Crippen LogP contribution in [0.2, 0.25) is 0 Å². The van der Waals surface area contributed by atoms with Gasteiger partial charge in [0.15, 0.2) is 5.78 Å².